The molecule has 3 rings (SSSR count). The lowest BCUT2D eigenvalue weighted by atomic mass is 9.98. The SMILES string of the molecule is CC(C)[C@H](NC(=O)C(CCCC#N)NC(=O)OCC1c2ccccc2-c2ccccc21)C(=O)O. The Balaban J connectivity index is 1.67. The van der Waals surface area contributed by atoms with Crippen molar-refractivity contribution in [2.24, 2.45) is 5.92 Å². The van der Waals surface area contributed by atoms with Crippen LogP contribution in [0.3, 0.4) is 0 Å². The molecule has 2 amide bonds. The molecule has 34 heavy (non-hydrogen) atoms. The second-order valence-corrected chi connectivity index (χ2v) is 8.64. The van der Waals surface area contributed by atoms with Crippen LogP contribution in [0, 0.1) is 17.2 Å². The van der Waals surface area contributed by atoms with E-state index in [0.29, 0.717) is 6.42 Å². The van der Waals surface area contributed by atoms with Gasteiger partial charge in [0.1, 0.15) is 18.7 Å². The first-order valence-corrected chi connectivity index (χ1v) is 11.3. The van der Waals surface area contributed by atoms with E-state index >= 15 is 0 Å². The fraction of sp³-hybridized carbons (Fsp3) is 0.385. The van der Waals surface area contributed by atoms with Crippen LogP contribution < -0.4 is 10.6 Å². The molecule has 1 aliphatic carbocycles. The van der Waals surface area contributed by atoms with Crippen LogP contribution in [0.15, 0.2) is 48.5 Å². The highest BCUT2D eigenvalue weighted by molar-refractivity contribution is 5.89. The van der Waals surface area contributed by atoms with Crippen LogP contribution >= 0.6 is 0 Å². The molecule has 3 N–H and O–H groups in total. The Morgan fingerprint density at radius 1 is 1.03 bits per heavy atom. The van der Waals surface area contributed by atoms with E-state index in [2.05, 4.69) is 10.6 Å². The molecule has 2 aromatic rings. The Morgan fingerprint density at radius 2 is 1.62 bits per heavy atom. The molecule has 0 aliphatic heterocycles. The molecule has 0 saturated carbocycles. The first-order valence-electron chi connectivity index (χ1n) is 11.3. The average Bonchev–Trinajstić information content (AvgIpc) is 3.14. The predicted octanol–water partition coefficient (Wildman–Crippen LogP) is 3.81. The van der Waals surface area contributed by atoms with E-state index in [9.17, 15) is 19.5 Å². The highest BCUT2D eigenvalue weighted by Gasteiger charge is 2.31. The van der Waals surface area contributed by atoms with Crippen LogP contribution in [0.2, 0.25) is 0 Å². The molecule has 0 fully saturated rings. The molecule has 178 valence electrons. The third kappa shape index (κ3) is 5.73. The van der Waals surface area contributed by atoms with E-state index < -0.39 is 30.1 Å². The topological polar surface area (TPSA) is 129 Å². The number of nitriles is 1. The van der Waals surface area contributed by atoms with Crippen LogP contribution in [0.1, 0.15) is 50.2 Å². The van der Waals surface area contributed by atoms with Gasteiger partial charge in [-0.05, 0) is 41.0 Å². The number of carboxylic acids is 1. The van der Waals surface area contributed by atoms with Gasteiger partial charge in [0, 0.05) is 12.3 Å². The first-order chi connectivity index (χ1) is 16.3. The summed E-state index contributed by atoms with van der Waals surface area (Å²) in [6, 6.07) is 15.8. The van der Waals surface area contributed by atoms with Gasteiger partial charge in [-0.3, -0.25) is 4.79 Å². The summed E-state index contributed by atoms with van der Waals surface area (Å²) in [5.41, 5.74) is 4.35. The van der Waals surface area contributed by atoms with E-state index in [1.54, 1.807) is 13.8 Å². The lowest BCUT2D eigenvalue weighted by Gasteiger charge is -2.23. The number of alkyl carbamates (subject to hydrolysis) is 1. The lowest BCUT2D eigenvalue weighted by molar-refractivity contribution is -0.143. The van der Waals surface area contributed by atoms with Gasteiger partial charge in [-0.15, -0.1) is 0 Å². The quantitative estimate of drug-likeness (QED) is 0.460. The number of ether oxygens (including phenoxy) is 1. The lowest BCUT2D eigenvalue weighted by Crippen LogP contribution is -2.53. The summed E-state index contributed by atoms with van der Waals surface area (Å²) < 4.78 is 5.52. The van der Waals surface area contributed by atoms with Crippen LogP contribution in [-0.4, -0.2) is 41.8 Å². The van der Waals surface area contributed by atoms with Crippen molar-refractivity contribution in [1.82, 2.24) is 10.6 Å². The minimum Gasteiger partial charge on any atom is -0.480 e. The molecule has 0 bridgehead atoms. The summed E-state index contributed by atoms with van der Waals surface area (Å²) in [6.45, 7) is 3.46. The second kappa shape index (κ2) is 11.3. The van der Waals surface area contributed by atoms with Gasteiger partial charge in [-0.1, -0.05) is 62.4 Å². The van der Waals surface area contributed by atoms with Crippen molar-refractivity contribution < 1.29 is 24.2 Å². The molecule has 0 aromatic heterocycles. The molecule has 2 aromatic carbocycles. The molecule has 8 heteroatoms. The molecule has 0 heterocycles. The Bertz CT molecular complexity index is 1050. The summed E-state index contributed by atoms with van der Waals surface area (Å²) >= 11 is 0. The predicted molar refractivity (Wildman–Crippen MR) is 126 cm³/mol. The average molecular weight is 464 g/mol. The number of carboxylic acid groups (broad SMARTS) is 1. The van der Waals surface area contributed by atoms with Crippen LogP contribution in [0.5, 0.6) is 0 Å². The number of hydrogen-bond donors (Lipinski definition) is 3. The maximum Gasteiger partial charge on any atom is 0.407 e. The normalized spacial score (nSPS) is 13.8. The monoisotopic (exact) mass is 463 g/mol. The van der Waals surface area contributed by atoms with E-state index in [-0.39, 0.29) is 31.3 Å². The van der Waals surface area contributed by atoms with E-state index in [0.717, 1.165) is 22.3 Å². The van der Waals surface area contributed by atoms with Crippen molar-refractivity contribution in [3.63, 3.8) is 0 Å². The Hall–Kier alpha value is -3.86. The van der Waals surface area contributed by atoms with Crippen molar-refractivity contribution in [2.45, 2.75) is 51.1 Å². The van der Waals surface area contributed by atoms with Crippen molar-refractivity contribution >= 4 is 18.0 Å². The molecule has 1 unspecified atom stereocenters. The zero-order valence-electron chi connectivity index (χ0n) is 19.3. The standard InChI is InChI=1S/C26H29N3O5/c1-16(2)23(25(31)32)29-24(30)22(13-7-8-14-27)28-26(33)34-15-21-19-11-5-3-9-17(19)18-10-4-6-12-20(18)21/h3-6,9-12,16,21-23H,7-8,13,15H2,1-2H3,(H,28,33)(H,29,30)(H,31,32)/t22?,23-/m0/s1. The fourth-order valence-electron chi connectivity index (χ4n) is 4.20. The van der Waals surface area contributed by atoms with Gasteiger partial charge < -0.3 is 20.5 Å². The highest BCUT2D eigenvalue weighted by Crippen LogP contribution is 2.44. The number of aliphatic carboxylic acids is 1. The van der Waals surface area contributed by atoms with E-state index in [1.807, 2.05) is 54.6 Å². The summed E-state index contributed by atoms with van der Waals surface area (Å²) in [5.74, 6) is -2.23. The Kier molecular flexibility index (Phi) is 8.25. The smallest absolute Gasteiger partial charge is 0.407 e. The number of nitrogens with one attached hydrogen (secondary N) is 2. The molecular weight excluding hydrogens is 434 g/mol. The molecule has 0 saturated heterocycles. The van der Waals surface area contributed by atoms with Crippen molar-refractivity contribution in [2.75, 3.05) is 6.61 Å². The maximum absolute atomic E-state index is 12.8. The number of unbranched alkanes of at least 4 members (excludes halogenated alkanes) is 1. The first kappa shape index (κ1) is 24.8. The largest absolute Gasteiger partial charge is 0.480 e. The minimum atomic E-state index is -1.15. The van der Waals surface area contributed by atoms with Gasteiger partial charge in [-0.2, -0.15) is 5.26 Å². The van der Waals surface area contributed by atoms with Gasteiger partial charge in [0.15, 0.2) is 0 Å². The molecule has 0 radical (unpaired) electrons. The van der Waals surface area contributed by atoms with Crippen molar-refractivity contribution in [3.8, 4) is 17.2 Å². The van der Waals surface area contributed by atoms with Crippen molar-refractivity contribution in [3.05, 3.63) is 59.7 Å². The molecular formula is C26H29N3O5. The molecule has 8 nitrogen and oxygen atoms in total. The third-order valence-corrected chi connectivity index (χ3v) is 5.96. The summed E-state index contributed by atoms with van der Waals surface area (Å²) in [4.78, 5) is 36.8. The number of carbonyl (C=O) groups is 3. The van der Waals surface area contributed by atoms with Gasteiger partial charge in [0.2, 0.25) is 5.91 Å². The minimum absolute atomic E-state index is 0.0934. The second-order valence-electron chi connectivity index (χ2n) is 8.64. The molecule has 0 spiro atoms. The van der Waals surface area contributed by atoms with Crippen LogP contribution in [-0.2, 0) is 14.3 Å². The Morgan fingerprint density at radius 3 is 2.15 bits per heavy atom. The molecule has 1 aliphatic rings. The zero-order valence-corrected chi connectivity index (χ0v) is 19.3. The number of nitrogens with zero attached hydrogens (tertiary/aromatic N) is 1. The Labute approximate surface area is 198 Å². The fourth-order valence-corrected chi connectivity index (χ4v) is 4.20. The molecule has 2 atom stereocenters. The van der Waals surface area contributed by atoms with Crippen LogP contribution in [0.25, 0.3) is 11.1 Å². The van der Waals surface area contributed by atoms with Gasteiger partial charge in [-0.25, -0.2) is 9.59 Å². The van der Waals surface area contributed by atoms with Gasteiger partial charge in [0.25, 0.3) is 0 Å². The van der Waals surface area contributed by atoms with E-state index in [4.69, 9.17) is 10.00 Å². The number of fused-ring (bicyclic) bond motifs is 3. The number of hydrogen-bond acceptors (Lipinski definition) is 5. The summed E-state index contributed by atoms with van der Waals surface area (Å²) in [7, 11) is 0. The van der Waals surface area contributed by atoms with Crippen molar-refractivity contribution in [1.29, 1.82) is 5.26 Å². The maximum atomic E-state index is 12.8. The number of benzene rings is 2. The number of rotatable bonds is 10. The van der Waals surface area contributed by atoms with Gasteiger partial charge >= 0.3 is 12.1 Å². The summed E-state index contributed by atoms with van der Waals surface area (Å²) in [5, 5.41) is 23.2. The summed E-state index contributed by atoms with van der Waals surface area (Å²) in [6.07, 6.45) is 0.00404. The third-order valence-electron chi connectivity index (χ3n) is 5.96. The van der Waals surface area contributed by atoms with Crippen LogP contribution in [0.4, 0.5) is 4.79 Å². The number of carbonyl (C=O) groups excluding carboxylic acids is 2. The zero-order chi connectivity index (χ0) is 24.7. The highest BCUT2D eigenvalue weighted by atomic mass is 16.5. The van der Waals surface area contributed by atoms with E-state index in [1.165, 1.54) is 0 Å². The van der Waals surface area contributed by atoms with Gasteiger partial charge in [0.05, 0.1) is 6.07 Å². The number of amides is 2.